The van der Waals surface area contributed by atoms with Crippen LogP contribution in [0.5, 0.6) is 0 Å². The van der Waals surface area contributed by atoms with Gasteiger partial charge in [-0.15, -0.1) is 23.2 Å². The van der Waals surface area contributed by atoms with Crippen molar-refractivity contribution in [3.05, 3.63) is 57.6 Å². The predicted octanol–water partition coefficient (Wildman–Crippen LogP) is 9.64. The molecule has 0 amide bonds. The van der Waals surface area contributed by atoms with Crippen LogP contribution in [0.2, 0.25) is 10.0 Å². The summed E-state index contributed by atoms with van der Waals surface area (Å²) in [5.41, 5.74) is 5.42. The highest BCUT2D eigenvalue weighted by Gasteiger charge is 2.42. The molecular weight excluding hydrogens is 442 g/mol. The average Bonchev–Trinajstić information content (AvgIpc) is 2.96. The summed E-state index contributed by atoms with van der Waals surface area (Å²) in [6.07, 6.45) is 11.7. The van der Waals surface area contributed by atoms with Gasteiger partial charge in [0.05, 0.1) is 0 Å². The molecule has 0 saturated heterocycles. The Morgan fingerprint density at radius 1 is 0.552 bits per heavy atom. The van der Waals surface area contributed by atoms with Gasteiger partial charge in [-0.1, -0.05) is 73.9 Å². The monoisotopic (exact) mass is 470 g/mol. The first-order valence-corrected chi connectivity index (χ1v) is 12.7. The first-order chi connectivity index (χ1) is 14.1. The van der Waals surface area contributed by atoms with E-state index in [-0.39, 0.29) is 5.41 Å². The van der Waals surface area contributed by atoms with E-state index in [1.165, 1.54) is 60.8 Å². The van der Waals surface area contributed by atoms with Gasteiger partial charge in [0, 0.05) is 27.2 Å². The van der Waals surface area contributed by atoms with Crippen molar-refractivity contribution in [3.8, 4) is 11.1 Å². The summed E-state index contributed by atoms with van der Waals surface area (Å²) in [6.45, 7) is 0. The maximum atomic E-state index is 6.47. The third-order valence-corrected chi connectivity index (χ3v) is 7.26. The molecule has 158 valence electrons. The van der Waals surface area contributed by atoms with Gasteiger partial charge in [0.15, 0.2) is 0 Å². The number of alkyl halides is 2. The van der Waals surface area contributed by atoms with E-state index in [0.29, 0.717) is 0 Å². The number of hydrogen-bond acceptors (Lipinski definition) is 0. The van der Waals surface area contributed by atoms with Gasteiger partial charge in [0.2, 0.25) is 0 Å². The summed E-state index contributed by atoms with van der Waals surface area (Å²) in [4.78, 5) is 0. The van der Waals surface area contributed by atoms with E-state index in [0.717, 1.165) is 47.5 Å². The van der Waals surface area contributed by atoms with Crippen molar-refractivity contribution in [1.82, 2.24) is 0 Å². The summed E-state index contributed by atoms with van der Waals surface area (Å²) < 4.78 is 0. The van der Waals surface area contributed by atoms with Crippen LogP contribution in [-0.4, -0.2) is 11.8 Å². The Kier molecular flexibility index (Phi) is 9.05. The molecule has 0 radical (unpaired) electrons. The summed E-state index contributed by atoms with van der Waals surface area (Å²) >= 11 is 24.7. The molecule has 0 unspecified atom stereocenters. The average molecular weight is 472 g/mol. The molecule has 0 spiro atoms. The minimum Gasteiger partial charge on any atom is -0.127 e. The molecule has 0 fully saturated rings. The molecule has 1 aliphatic carbocycles. The Morgan fingerprint density at radius 3 is 1.38 bits per heavy atom. The van der Waals surface area contributed by atoms with E-state index in [1.807, 2.05) is 12.1 Å². The van der Waals surface area contributed by atoms with E-state index < -0.39 is 0 Å². The SMILES string of the molecule is ClCCCCCCC1(CCCCCCCl)c2cc(Cl)ccc2-c2ccc(Cl)cc21. The van der Waals surface area contributed by atoms with Crippen LogP contribution in [0.15, 0.2) is 36.4 Å². The second-order valence-electron chi connectivity index (χ2n) is 8.17. The molecule has 0 aliphatic heterocycles. The molecule has 29 heavy (non-hydrogen) atoms. The Balaban J connectivity index is 1.93. The number of hydrogen-bond donors (Lipinski definition) is 0. The number of unbranched alkanes of at least 4 members (excludes halogenated alkanes) is 6. The van der Waals surface area contributed by atoms with Crippen LogP contribution in [-0.2, 0) is 5.41 Å². The maximum absolute atomic E-state index is 6.47. The quantitative estimate of drug-likeness (QED) is 0.213. The Bertz CT molecular complexity index is 732. The van der Waals surface area contributed by atoms with Crippen LogP contribution in [0.1, 0.15) is 75.3 Å². The minimum absolute atomic E-state index is 0.00238. The second-order valence-corrected chi connectivity index (χ2v) is 9.80. The van der Waals surface area contributed by atoms with Crippen LogP contribution < -0.4 is 0 Å². The van der Waals surface area contributed by atoms with Crippen molar-refractivity contribution in [2.75, 3.05) is 11.8 Å². The molecule has 0 bridgehead atoms. The zero-order chi connectivity index (χ0) is 20.7. The highest BCUT2D eigenvalue weighted by atomic mass is 35.5. The van der Waals surface area contributed by atoms with Crippen LogP contribution in [0.25, 0.3) is 11.1 Å². The summed E-state index contributed by atoms with van der Waals surface area (Å²) in [7, 11) is 0. The fourth-order valence-electron chi connectivity index (χ4n) is 4.85. The zero-order valence-corrected chi connectivity index (χ0v) is 20.0. The number of benzene rings is 2. The van der Waals surface area contributed by atoms with Gasteiger partial charge < -0.3 is 0 Å². The molecular formula is C25H30Cl4. The van der Waals surface area contributed by atoms with Crippen molar-refractivity contribution < 1.29 is 0 Å². The van der Waals surface area contributed by atoms with Crippen molar-refractivity contribution >= 4 is 46.4 Å². The number of rotatable bonds is 12. The molecule has 0 N–H and O–H groups in total. The Hall–Kier alpha value is -0.400. The lowest BCUT2D eigenvalue weighted by Gasteiger charge is -2.33. The van der Waals surface area contributed by atoms with Gasteiger partial charge >= 0.3 is 0 Å². The molecule has 0 nitrogen and oxygen atoms in total. The lowest BCUT2D eigenvalue weighted by atomic mass is 9.70. The first kappa shape index (κ1) is 23.3. The summed E-state index contributed by atoms with van der Waals surface area (Å²) in [5, 5.41) is 1.63. The molecule has 2 aromatic carbocycles. The third kappa shape index (κ3) is 5.45. The molecule has 0 atom stereocenters. The fourth-order valence-corrected chi connectivity index (χ4v) is 5.58. The van der Waals surface area contributed by atoms with Gasteiger partial charge in [0.25, 0.3) is 0 Å². The van der Waals surface area contributed by atoms with E-state index >= 15 is 0 Å². The number of fused-ring (bicyclic) bond motifs is 3. The minimum atomic E-state index is 0.00238. The standard InChI is InChI=1S/C25H30Cl4/c26-15-7-3-1-5-13-25(14-6-2-4-8-16-27)23-17-19(28)9-11-21(23)22-12-10-20(29)18-24(22)25/h9-12,17-18H,1-8,13-16H2. The van der Waals surface area contributed by atoms with Gasteiger partial charge in [-0.05, 0) is 72.2 Å². The smallest absolute Gasteiger partial charge is 0.0409 e. The van der Waals surface area contributed by atoms with E-state index in [1.54, 1.807) is 0 Å². The lowest BCUT2D eigenvalue weighted by Crippen LogP contribution is -2.25. The summed E-state index contributed by atoms with van der Waals surface area (Å²) in [5.74, 6) is 1.51. The molecule has 0 saturated carbocycles. The highest BCUT2D eigenvalue weighted by Crippen LogP contribution is 2.55. The van der Waals surface area contributed by atoms with Crippen molar-refractivity contribution in [3.63, 3.8) is 0 Å². The van der Waals surface area contributed by atoms with Crippen molar-refractivity contribution in [1.29, 1.82) is 0 Å². The molecule has 1 aliphatic rings. The topological polar surface area (TPSA) is 0 Å². The van der Waals surface area contributed by atoms with Gasteiger partial charge in [-0.25, -0.2) is 0 Å². The van der Waals surface area contributed by atoms with Gasteiger partial charge in [0.1, 0.15) is 0 Å². The zero-order valence-electron chi connectivity index (χ0n) is 17.0. The molecule has 4 heteroatoms. The molecule has 2 aromatic rings. The molecule has 0 heterocycles. The Labute approximate surface area is 195 Å². The summed E-state index contributed by atoms with van der Waals surface area (Å²) in [6, 6.07) is 12.8. The highest BCUT2D eigenvalue weighted by molar-refractivity contribution is 6.31. The molecule has 0 aromatic heterocycles. The second kappa shape index (κ2) is 11.3. The van der Waals surface area contributed by atoms with E-state index in [4.69, 9.17) is 46.4 Å². The van der Waals surface area contributed by atoms with Crippen molar-refractivity contribution in [2.45, 2.75) is 69.6 Å². The lowest BCUT2D eigenvalue weighted by molar-refractivity contribution is 0.401. The van der Waals surface area contributed by atoms with Gasteiger partial charge in [-0.3, -0.25) is 0 Å². The van der Waals surface area contributed by atoms with Crippen LogP contribution in [0.4, 0.5) is 0 Å². The fraction of sp³-hybridized carbons (Fsp3) is 0.520. The van der Waals surface area contributed by atoms with Gasteiger partial charge in [-0.2, -0.15) is 0 Å². The normalized spacial score (nSPS) is 14.1. The van der Waals surface area contributed by atoms with E-state index in [9.17, 15) is 0 Å². The predicted molar refractivity (Wildman–Crippen MR) is 130 cm³/mol. The Morgan fingerprint density at radius 2 is 0.966 bits per heavy atom. The first-order valence-electron chi connectivity index (χ1n) is 10.8. The van der Waals surface area contributed by atoms with Crippen LogP contribution in [0, 0.1) is 0 Å². The molecule has 3 rings (SSSR count). The van der Waals surface area contributed by atoms with Crippen LogP contribution >= 0.6 is 46.4 Å². The largest absolute Gasteiger partial charge is 0.127 e. The van der Waals surface area contributed by atoms with Crippen molar-refractivity contribution in [2.24, 2.45) is 0 Å². The van der Waals surface area contributed by atoms with E-state index in [2.05, 4.69) is 24.3 Å². The maximum Gasteiger partial charge on any atom is 0.0409 e. The number of halogens is 4. The third-order valence-electron chi connectivity index (χ3n) is 6.26. The van der Waals surface area contributed by atoms with Crippen LogP contribution in [0.3, 0.4) is 0 Å².